The Bertz CT molecular complexity index is 338. The van der Waals surface area contributed by atoms with E-state index in [1.54, 1.807) is 0 Å². The smallest absolute Gasteiger partial charge is 0.147 e. The van der Waals surface area contributed by atoms with Crippen LogP contribution in [0.4, 0.5) is 0 Å². The van der Waals surface area contributed by atoms with Gasteiger partial charge in [-0.1, -0.05) is 0 Å². The number of nitrogens with one attached hydrogen (secondary N) is 1. The van der Waals surface area contributed by atoms with E-state index in [2.05, 4.69) is 27.0 Å². The van der Waals surface area contributed by atoms with E-state index in [-0.39, 0.29) is 0 Å². The summed E-state index contributed by atoms with van der Waals surface area (Å²) in [6.07, 6.45) is 7.25. The summed E-state index contributed by atoms with van der Waals surface area (Å²) in [6.45, 7) is 3.14. The van der Waals surface area contributed by atoms with Crippen molar-refractivity contribution in [2.75, 3.05) is 0 Å². The van der Waals surface area contributed by atoms with E-state index in [0.717, 1.165) is 18.3 Å². The summed E-state index contributed by atoms with van der Waals surface area (Å²) < 4.78 is 2.23. The lowest BCUT2D eigenvalue weighted by Crippen LogP contribution is -2.28. The van der Waals surface area contributed by atoms with E-state index in [4.69, 9.17) is 0 Å². The third kappa shape index (κ3) is 2.04. The molecule has 82 valence electrons. The summed E-state index contributed by atoms with van der Waals surface area (Å²) in [5, 5.41) is 11.7. The van der Waals surface area contributed by atoms with Crippen molar-refractivity contribution < 1.29 is 0 Å². The van der Waals surface area contributed by atoms with E-state index in [9.17, 15) is 0 Å². The SMILES string of the molecule is CC(NCc1nncn1C1CC1)C1CC1. The van der Waals surface area contributed by atoms with Crippen molar-refractivity contribution in [3.05, 3.63) is 12.2 Å². The molecule has 3 rings (SSSR count). The predicted octanol–water partition coefficient (Wildman–Crippen LogP) is 1.50. The molecule has 1 heterocycles. The van der Waals surface area contributed by atoms with Crippen LogP contribution in [0, 0.1) is 5.92 Å². The van der Waals surface area contributed by atoms with Gasteiger partial charge in [0.2, 0.25) is 0 Å². The van der Waals surface area contributed by atoms with Crippen molar-refractivity contribution >= 4 is 0 Å². The largest absolute Gasteiger partial charge is 0.313 e. The zero-order valence-electron chi connectivity index (χ0n) is 9.19. The number of hydrogen-bond donors (Lipinski definition) is 1. The molecule has 0 aliphatic heterocycles. The van der Waals surface area contributed by atoms with Gasteiger partial charge < -0.3 is 9.88 Å². The second kappa shape index (κ2) is 3.59. The minimum atomic E-state index is 0.634. The van der Waals surface area contributed by atoms with Crippen molar-refractivity contribution in [2.45, 2.75) is 51.2 Å². The van der Waals surface area contributed by atoms with Gasteiger partial charge in [-0.3, -0.25) is 0 Å². The van der Waals surface area contributed by atoms with Crippen LogP contribution in [0.1, 0.15) is 44.5 Å². The second-order valence-electron chi connectivity index (χ2n) is 4.89. The molecule has 1 aromatic heterocycles. The van der Waals surface area contributed by atoms with Crippen LogP contribution in [-0.4, -0.2) is 20.8 Å². The molecule has 0 saturated heterocycles. The van der Waals surface area contributed by atoms with Gasteiger partial charge in [0, 0.05) is 12.1 Å². The first-order valence-electron chi connectivity index (χ1n) is 5.96. The molecule has 0 radical (unpaired) electrons. The van der Waals surface area contributed by atoms with Gasteiger partial charge in [0.15, 0.2) is 0 Å². The van der Waals surface area contributed by atoms with Crippen LogP contribution < -0.4 is 5.32 Å². The van der Waals surface area contributed by atoms with Gasteiger partial charge in [0.1, 0.15) is 12.2 Å². The molecule has 1 unspecified atom stereocenters. The van der Waals surface area contributed by atoms with Gasteiger partial charge in [-0.05, 0) is 38.5 Å². The van der Waals surface area contributed by atoms with Gasteiger partial charge >= 0.3 is 0 Å². The second-order valence-corrected chi connectivity index (χ2v) is 4.89. The van der Waals surface area contributed by atoms with Crippen molar-refractivity contribution in [2.24, 2.45) is 5.92 Å². The molecule has 4 nitrogen and oxygen atoms in total. The minimum Gasteiger partial charge on any atom is -0.313 e. The van der Waals surface area contributed by atoms with Crippen molar-refractivity contribution in [3.63, 3.8) is 0 Å². The fraction of sp³-hybridized carbons (Fsp3) is 0.818. The number of hydrogen-bond acceptors (Lipinski definition) is 3. The first-order chi connectivity index (χ1) is 7.34. The van der Waals surface area contributed by atoms with E-state index in [1.165, 1.54) is 25.7 Å². The number of nitrogens with zero attached hydrogens (tertiary/aromatic N) is 3. The maximum Gasteiger partial charge on any atom is 0.147 e. The summed E-state index contributed by atoms with van der Waals surface area (Å²) in [5.74, 6) is 2.01. The first kappa shape index (κ1) is 9.33. The Morgan fingerprint density at radius 1 is 1.47 bits per heavy atom. The quantitative estimate of drug-likeness (QED) is 0.794. The molecule has 2 saturated carbocycles. The van der Waals surface area contributed by atoms with Crippen molar-refractivity contribution in [1.29, 1.82) is 0 Å². The van der Waals surface area contributed by atoms with Crippen molar-refractivity contribution in [1.82, 2.24) is 20.1 Å². The fourth-order valence-electron chi connectivity index (χ4n) is 2.07. The molecular formula is C11H18N4. The van der Waals surface area contributed by atoms with Crippen LogP contribution in [0.5, 0.6) is 0 Å². The van der Waals surface area contributed by atoms with Crippen LogP contribution in [0.25, 0.3) is 0 Å². The van der Waals surface area contributed by atoms with Gasteiger partial charge in [0.05, 0.1) is 6.54 Å². The third-order valence-electron chi connectivity index (χ3n) is 3.50. The summed E-state index contributed by atoms with van der Waals surface area (Å²) in [5.41, 5.74) is 0. The van der Waals surface area contributed by atoms with Crippen LogP contribution >= 0.6 is 0 Å². The Balaban J connectivity index is 1.58. The fourth-order valence-corrected chi connectivity index (χ4v) is 2.07. The highest BCUT2D eigenvalue weighted by Crippen LogP contribution is 2.35. The number of aromatic nitrogens is 3. The molecule has 2 aliphatic rings. The van der Waals surface area contributed by atoms with Gasteiger partial charge in [-0.15, -0.1) is 10.2 Å². The van der Waals surface area contributed by atoms with Gasteiger partial charge in [0.25, 0.3) is 0 Å². The summed E-state index contributed by atoms with van der Waals surface area (Å²) in [7, 11) is 0. The van der Waals surface area contributed by atoms with Crippen LogP contribution in [0.3, 0.4) is 0 Å². The van der Waals surface area contributed by atoms with Gasteiger partial charge in [-0.2, -0.15) is 0 Å². The lowest BCUT2D eigenvalue weighted by atomic mass is 10.2. The molecular weight excluding hydrogens is 188 g/mol. The van der Waals surface area contributed by atoms with Crippen molar-refractivity contribution in [3.8, 4) is 0 Å². The highest BCUT2D eigenvalue weighted by atomic mass is 15.3. The Hall–Kier alpha value is -0.900. The highest BCUT2D eigenvalue weighted by molar-refractivity contribution is 4.95. The normalized spacial score (nSPS) is 23.0. The minimum absolute atomic E-state index is 0.634. The summed E-state index contributed by atoms with van der Waals surface area (Å²) in [4.78, 5) is 0. The topological polar surface area (TPSA) is 42.7 Å². The van der Waals surface area contributed by atoms with E-state index < -0.39 is 0 Å². The first-order valence-corrected chi connectivity index (χ1v) is 5.96. The molecule has 2 fully saturated rings. The van der Waals surface area contributed by atoms with Crippen LogP contribution in [-0.2, 0) is 6.54 Å². The van der Waals surface area contributed by atoms with E-state index in [1.807, 2.05) is 6.33 Å². The molecule has 4 heteroatoms. The average Bonchev–Trinajstić information content (AvgIpc) is 3.12. The number of rotatable bonds is 5. The molecule has 0 bridgehead atoms. The Kier molecular flexibility index (Phi) is 2.24. The molecule has 0 amide bonds. The lowest BCUT2D eigenvalue weighted by molar-refractivity contribution is 0.477. The van der Waals surface area contributed by atoms with E-state index in [0.29, 0.717) is 12.1 Å². The van der Waals surface area contributed by atoms with Crippen LogP contribution in [0.15, 0.2) is 6.33 Å². The molecule has 1 atom stereocenters. The van der Waals surface area contributed by atoms with E-state index >= 15 is 0 Å². The molecule has 1 N–H and O–H groups in total. The van der Waals surface area contributed by atoms with Gasteiger partial charge in [-0.25, -0.2) is 0 Å². The lowest BCUT2D eigenvalue weighted by Gasteiger charge is -2.12. The monoisotopic (exact) mass is 206 g/mol. The summed E-state index contributed by atoms with van der Waals surface area (Å²) in [6, 6.07) is 1.32. The zero-order chi connectivity index (χ0) is 10.3. The Morgan fingerprint density at radius 2 is 2.27 bits per heavy atom. The average molecular weight is 206 g/mol. The molecule has 0 spiro atoms. The maximum atomic E-state index is 4.18. The molecule has 2 aliphatic carbocycles. The highest BCUT2D eigenvalue weighted by Gasteiger charge is 2.29. The van der Waals surface area contributed by atoms with Crippen LogP contribution in [0.2, 0.25) is 0 Å². The predicted molar refractivity (Wildman–Crippen MR) is 57.3 cm³/mol. The zero-order valence-corrected chi connectivity index (χ0v) is 9.19. The third-order valence-corrected chi connectivity index (χ3v) is 3.50. The molecule has 15 heavy (non-hydrogen) atoms. The maximum absolute atomic E-state index is 4.18. The molecule has 1 aromatic rings. The molecule has 0 aromatic carbocycles. The standard InChI is InChI=1S/C11H18N4/c1-8(9-2-3-9)12-6-11-14-13-7-15(11)10-4-5-10/h7-10,12H,2-6H2,1H3. The summed E-state index contributed by atoms with van der Waals surface area (Å²) >= 11 is 0. The Morgan fingerprint density at radius 3 is 2.93 bits per heavy atom. The Labute approximate surface area is 90.1 Å².